The molecule has 0 aromatic carbocycles. The number of nitrogens with zero attached hydrogens (tertiary/aromatic N) is 4. The lowest BCUT2D eigenvalue weighted by Gasteiger charge is -2.33. The standard InChI is InChI=1S/C16H21N5O2/c1-20-8-6-18-15(16(20)23)21-7-2-3-13(10-21)19-14-9-12(11-22)4-5-17-14/h4-6,8-9,13,22H,2-3,7,10-11H2,1H3,(H,17,19). The minimum absolute atomic E-state index is 0.00202. The number of aromatic nitrogens is 3. The molecule has 0 aliphatic carbocycles. The molecule has 0 amide bonds. The highest BCUT2D eigenvalue weighted by Gasteiger charge is 2.23. The predicted molar refractivity (Wildman–Crippen MR) is 88.5 cm³/mol. The fourth-order valence-electron chi connectivity index (χ4n) is 2.85. The summed E-state index contributed by atoms with van der Waals surface area (Å²) in [5, 5.41) is 12.6. The monoisotopic (exact) mass is 315 g/mol. The predicted octanol–water partition coefficient (Wildman–Crippen LogP) is 0.748. The van der Waals surface area contributed by atoms with Crippen LogP contribution in [0.1, 0.15) is 18.4 Å². The number of pyridine rings is 1. The van der Waals surface area contributed by atoms with Crippen molar-refractivity contribution < 1.29 is 5.11 Å². The average molecular weight is 315 g/mol. The quantitative estimate of drug-likeness (QED) is 0.866. The van der Waals surface area contributed by atoms with Gasteiger partial charge < -0.3 is 19.9 Å². The molecule has 3 heterocycles. The minimum Gasteiger partial charge on any atom is -0.392 e. The van der Waals surface area contributed by atoms with Gasteiger partial charge in [0.05, 0.1) is 6.61 Å². The van der Waals surface area contributed by atoms with Gasteiger partial charge >= 0.3 is 0 Å². The number of hydrogen-bond acceptors (Lipinski definition) is 6. The van der Waals surface area contributed by atoms with Crippen molar-refractivity contribution in [1.29, 1.82) is 0 Å². The van der Waals surface area contributed by atoms with Crippen LogP contribution in [0.25, 0.3) is 0 Å². The van der Waals surface area contributed by atoms with Crippen LogP contribution in [0, 0.1) is 0 Å². The highest BCUT2D eigenvalue weighted by molar-refractivity contribution is 5.41. The van der Waals surface area contributed by atoms with E-state index in [2.05, 4.69) is 15.3 Å². The van der Waals surface area contributed by atoms with Gasteiger partial charge in [-0.3, -0.25) is 4.79 Å². The maximum absolute atomic E-state index is 12.2. The van der Waals surface area contributed by atoms with Crippen LogP contribution >= 0.6 is 0 Å². The molecule has 1 atom stereocenters. The molecule has 2 N–H and O–H groups in total. The Morgan fingerprint density at radius 3 is 3.09 bits per heavy atom. The maximum atomic E-state index is 12.2. The summed E-state index contributed by atoms with van der Waals surface area (Å²) in [6.45, 7) is 1.53. The number of piperidine rings is 1. The van der Waals surface area contributed by atoms with Gasteiger partial charge in [0.1, 0.15) is 5.82 Å². The Balaban J connectivity index is 1.73. The summed E-state index contributed by atoms with van der Waals surface area (Å²) >= 11 is 0. The van der Waals surface area contributed by atoms with Gasteiger partial charge in [0, 0.05) is 44.8 Å². The van der Waals surface area contributed by atoms with Crippen LogP contribution in [-0.4, -0.2) is 38.8 Å². The molecule has 0 spiro atoms. The first-order chi connectivity index (χ1) is 11.2. The Bertz CT molecular complexity index is 730. The number of aliphatic hydroxyl groups excluding tert-OH is 1. The molecular formula is C16H21N5O2. The van der Waals surface area contributed by atoms with Gasteiger partial charge in [-0.25, -0.2) is 9.97 Å². The fraction of sp³-hybridized carbons (Fsp3) is 0.438. The topological polar surface area (TPSA) is 83.3 Å². The van der Waals surface area contributed by atoms with E-state index in [9.17, 15) is 9.90 Å². The normalized spacial score (nSPS) is 18.0. The Labute approximate surface area is 134 Å². The SMILES string of the molecule is Cn1ccnc(N2CCCC(Nc3cc(CO)ccn3)C2)c1=O. The van der Waals surface area contributed by atoms with E-state index in [1.54, 1.807) is 36.3 Å². The molecule has 0 bridgehead atoms. The molecule has 7 heteroatoms. The molecule has 0 radical (unpaired) electrons. The highest BCUT2D eigenvalue weighted by Crippen LogP contribution is 2.18. The third-order valence-corrected chi connectivity index (χ3v) is 4.08. The van der Waals surface area contributed by atoms with Gasteiger partial charge in [-0.2, -0.15) is 0 Å². The van der Waals surface area contributed by atoms with Crippen LogP contribution in [0.3, 0.4) is 0 Å². The molecule has 1 saturated heterocycles. The third kappa shape index (κ3) is 3.50. The van der Waals surface area contributed by atoms with Crippen molar-refractivity contribution >= 4 is 11.6 Å². The molecule has 2 aromatic rings. The summed E-state index contributed by atoms with van der Waals surface area (Å²) in [6, 6.07) is 3.83. The van der Waals surface area contributed by atoms with Crippen molar-refractivity contribution in [2.45, 2.75) is 25.5 Å². The molecule has 1 aliphatic heterocycles. The number of aliphatic hydroxyl groups is 1. The van der Waals surface area contributed by atoms with Crippen LogP contribution in [-0.2, 0) is 13.7 Å². The van der Waals surface area contributed by atoms with Crippen LogP contribution in [0.5, 0.6) is 0 Å². The van der Waals surface area contributed by atoms with Crippen LogP contribution in [0.15, 0.2) is 35.5 Å². The third-order valence-electron chi connectivity index (χ3n) is 4.08. The van der Waals surface area contributed by atoms with Crippen molar-refractivity contribution in [2.75, 3.05) is 23.3 Å². The summed E-state index contributed by atoms with van der Waals surface area (Å²) in [7, 11) is 1.73. The second-order valence-corrected chi connectivity index (χ2v) is 5.80. The van der Waals surface area contributed by atoms with Crippen LogP contribution < -0.4 is 15.8 Å². The van der Waals surface area contributed by atoms with Gasteiger partial charge in [0.25, 0.3) is 5.56 Å². The summed E-state index contributed by atoms with van der Waals surface area (Å²) in [5.41, 5.74) is 0.752. The second-order valence-electron chi connectivity index (χ2n) is 5.80. The lowest BCUT2D eigenvalue weighted by molar-refractivity contribution is 0.282. The smallest absolute Gasteiger partial charge is 0.293 e. The van der Waals surface area contributed by atoms with E-state index in [4.69, 9.17) is 0 Å². The van der Waals surface area contributed by atoms with E-state index in [-0.39, 0.29) is 18.2 Å². The second kappa shape index (κ2) is 6.78. The lowest BCUT2D eigenvalue weighted by Crippen LogP contribution is -2.45. The van der Waals surface area contributed by atoms with E-state index < -0.39 is 0 Å². The fourth-order valence-corrected chi connectivity index (χ4v) is 2.85. The van der Waals surface area contributed by atoms with Crippen molar-refractivity contribution in [3.05, 3.63) is 46.6 Å². The highest BCUT2D eigenvalue weighted by atomic mass is 16.3. The first kappa shape index (κ1) is 15.5. The molecule has 1 fully saturated rings. The summed E-state index contributed by atoms with van der Waals surface area (Å²) < 4.78 is 1.55. The Morgan fingerprint density at radius 1 is 1.39 bits per heavy atom. The molecule has 1 aliphatic rings. The number of nitrogens with one attached hydrogen (secondary N) is 1. The number of anilines is 2. The number of aryl methyl sites for hydroxylation is 1. The van der Waals surface area contributed by atoms with E-state index in [1.807, 2.05) is 11.0 Å². The number of rotatable bonds is 4. The molecule has 1 unspecified atom stereocenters. The molecule has 23 heavy (non-hydrogen) atoms. The summed E-state index contributed by atoms with van der Waals surface area (Å²) in [5.74, 6) is 1.25. The Hall–Kier alpha value is -2.41. The first-order valence-corrected chi connectivity index (χ1v) is 7.76. The average Bonchev–Trinajstić information content (AvgIpc) is 2.58. The van der Waals surface area contributed by atoms with Gasteiger partial charge in [-0.15, -0.1) is 0 Å². The van der Waals surface area contributed by atoms with Crippen molar-refractivity contribution in [3.8, 4) is 0 Å². The zero-order chi connectivity index (χ0) is 16.2. The first-order valence-electron chi connectivity index (χ1n) is 7.76. The molecule has 3 rings (SSSR count). The van der Waals surface area contributed by atoms with E-state index >= 15 is 0 Å². The molecule has 0 saturated carbocycles. The molecular weight excluding hydrogens is 294 g/mol. The molecule has 2 aromatic heterocycles. The van der Waals surface area contributed by atoms with Crippen molar-refractivity contribution in [3.63, 3.8) is 0 Å². The summed E-state index contributed by atoms with van der Waals surface area (Å²) in [6.07, 6.45) is 6.99. The number of hydrogen-bond donors (Lipinski definition) is 2. The van der Waals surface area contributed by atoms with Crippen molar-refractivity contribution in [1.82, 2.24) is 14.5 Å². The van der Waals surface area contributed by atoms with Gasteiger partial charge in [0.2, 0.25) is 0 Å². The van der Waals surface area contributed by atoms with E-state index in [0.29, 0.717) is 12.4 Å². The zero-order valence-corrected chi connectivity index (χ0v) is 13.1. The summed E-state index contributed by atoms with van der Waals surface area (Å²) in [4.78, 5) is 22.8. The van der Waals surface area contributed by atoms with E-state index in [1.165, 1.54) is 0 Å². The van der Waals surface area contributed by atoms with E-state index in [0.717, 1.165) is 30.8 Å². The Kier molecular flexibility index (Phi) is 4.57. The van der Waals surface area contributed by atoms with Crippen LogP contribution in [0.2, 0.25) is 0 Å². The van der Waals surface area contributed by atoms with Crippen molar-refractivity contribution in [2.24, 2.45) is 7.05 Å². The van der Waals surface area contributed by atoms with Gasteiger partial charge in [-0.1, -0.05) is 0 Å². The molecule has 7 nitrogen and oxygen atoms in total. The lowest BCUT2D eigenvalue weighted by atomic mass is 10.1. The molecule has 122 valence electrons. The van der Waals surface area contributed by atoms with Gasteiger partial charge in [-0.05, 0) is 30.5 Å². The Morgan fingerprint density at radius 2 is 2.26 bits per heavy atom. The largest absolute Gasteiger partial charge is 0.392 e. The minimum atomic E-state index is -0.0754. The van der Waals surface area contributed by atoms with Gasteiger partial charge in [0.15, 0.2) is 5.82 Å². The van der Waals surface area contributed by atoms with Crippen LogP contribution in [0.4, 0.5) is 11.6 Å². The zero-order valence-electron chi connectivity index (χ0n) is 13.1. The maximum Gasteiger partial charge on any atom is 0.293 e.